The van der Waals surface area contributed by atoms with Gasteiger partial charge in [0.15, 0.2) is 0 Å². The first-order valence-electron chi connectivity index (χ1n) is 14.9. The van der Waals surface area contributed by atoms with Crippen LogP contribution in [-0.4, -0.2) is 89.5 Å². The molecule has 2 atom stereocenters. The molecule has 218 valence electrons. The molecule has 5 rings (SSSR count). The number of hydrogen-bond acceptors (Lipinski definition) is 4. The van der Waals surface area contributed by atoms with E-state index in [2.05, 4.69) is 48.8 Å². The number of amides is 3. The highest BCUT2D eigenvalue weighted by Gasteiger charge is 2.39. The minimum atomic E-state index is -0.339. The number of fused-ring (bicyclic) bond motifs is 1. The van der Waals surface area contributed by atoms with Crippen LogP contribution in [0.3, 0.4) is 0 Å². The zero-order valence-corrected chi connectivity index (χ0v) is 24.3. The van der Waals surface area contributed by atoms with E-state index in [1.807, 2.05) is 40.1 Å². The summed E-state index contributed by atoms with van der Waals surface area (Å²) in [6.45, 7) is 8.47. The molecule has 0 N–H and O–H groups in total. The molecule has 3 aliphatic rings. The molecular weight excluding hydrogens is 516 g/mol. The molecule has 0 bridgehead atoms. The highest BCUT2D eigenvalue weighted by molar-refractivity contribution is 5.94. The summed E-state index contributed by atoms with van der Waals surface area (Å²) in [5.74, 6) is -0.0919. The maximum Gasteiger partial charge on any atom is 0.270 e. The Morgan fingerprint density at radius 1 is 1.10 bits per heavy atom. The molecule has 2 aromatic rings. The lowest BCUT2D eigenvalue weighted by molar-refractivity contribution is -0.143. The predicted octanol–water partition coefficient (Wildman–Crippen LogP) is 3.66. The summed E-state index contributed by atoms with van der Waals surface area (Å²) >= 11 is 0. The summed E-state index contributed by atoms with van der Waals surface area (Å²) in [4.78, 5) is 45.5. The van der Waals surface area contributed by atoms with Gasteiger partial charge in [-0.15, -0.1) is 0 Å². The van der Waals surface area contributed by atoms with Gasteiger partial charge in [-0.05, 0) is 48.4 Å². The van der Waals surface area contributed by atoms with Crippen molar-refractivity contribution >= 4 is 24.3 Å². The topological polar surface area (TPSA) is 75.1 Å². The van der Waals surface area contributed by atoms with Crippen molar-refractivity contribution in [2.45, 2.75) is 45.7 Å². The molecule has 3 heterocycles. The highest BCUT2D eigenvalue weighted by Crippen LogP contribution is 2.28. The van der Waals surface area contributed by atoms with E-state index in [4.69, 9.17) is 4.74 Å². The number of hydrogen-bond donors (Lipinski definition) is 0. The van der Waals surface area contributed by atoms with E-state index in [-0.39, 0.29) is 29.7 Å². The third-order valence-electron chi connectivity index (χ3n) is 8.29. The molecule has 0 saturated carbocycles. The summed E-state index contributed by atoms with van der Waals surface area (Å²) < 4.78 is 7.60. The summed E-state index contributed by atoms with van der Waals surface area (Å²) in [6.07, 6.45) is 11.3. The Morgan fingerprint density at radius 3 is 2.61 bits per heavy atom. The van der Waals surface area contributed by atoms with E-state index in [1.165, 1.54) is 5.56 Å². The Morgan fingerprint density at radius 2 is 1.88 bits per heavy atom. The number of carbonyl (C=O) groups is 3. The second-order valence-corrected chi connectivity index (χ2v) is 11.8. The summed E-state index contributed by atoms with van der Waals surface area (Å²) in [5.41, 5.74) is 4.10. The largest absolute Gasteiger partial charge is 0.378 e. The van der Waals surface area contributed by atoms with Gasteiger partial charge >= 0.3 is 0 Å². The third kappa shape index (κ3) is 6.81. The number of benzene rings is 1. The number of carbonyl (C=O) groups excluding carboxylic acids is 3. The first-order valence-corrected chi connectivity index (χ1v) is 14.9. The second-order valence-electron chi connectivity index (χ2n) is 11.8. The molecule has 8 heteroatoms. The molecule has 3 amide bonds. The molecule has 2 fully saturated rings. The minimum absolute atomic E-state index is 0.0347. The highest BCUT2D eigenvalue weighted by atomic mass is 16.5. The van der Waals surface area contributed by atoms with E-state index in [0.717, 1.165) is 30.5 Å². The van der Waals surface area contributed by atoms with E-state index in [9.17, 15) is 14.4 Å². The van der Waals surface area contributed by atoms with Gasteiger partial charge in [-0.25, -0.2) is 0 Å². The van der Waals surface area contributed by atoms with Crippen molar-refractivity contribution in [3.05, 3.63) is 77.1 Å². The third-order valence-corrected chi connectivity index (χ3v) is 8.29. The van der Waals surface area contributed by atoms with Crippen LogP contribution in [0.5, 0.6) is 0 Å². The van der Waals surface area contributed by atoms with E-state index in [1.54, 1.807) is 4.90 Å². The van der Waals surface area contributed by atoms with Crippen LogP contribution in [0.4, 0.5) is 0 Å². The molecular formula is C33H42N4O4. The molecule has 8 nitrogen and oxygen atoms in total. The molecule has 1 aliphatic carbocycles. The Labute approximate surface area is 243 Å². The monoisotopic (exact) mass is 558 g/mol. The maximum absolute atomic E-state index is 14.5. The number of likely N-dealkylation sites (tertiary alicyclic amines) is 1. The van der Waals surface area contributed by atoms with Crippen LogP contribution < -0.4 is 0 Å². The van der Waals surface area contributed by atoms with Crippen LogP contribution in [0.1, 0.15) is 47.6 Å². The number of allylic oxidation sites excluding steroid dienone is 3. The number of nitrogens with zero attached hydrogens (tertiary/aromatic N) is 4. The summed E-state index contributed by atoms with van der Waals surface area (Å²) in [5, 5.41) is 0. The maximum atomic E-state index is 14.5. The average Bonchev–Trinajstić information content (AvgIpc) is 3.18. The lowest BCUT2D eigenvalue weighted by atomic mass is 9.91. The van der Waals surface area contributed by atoms with E-state index < -0.39 is 0 Å². The zero-order valence-electron chi connectivity index (χ0n) is 24.3. The quantitative estimate of drug-likeness (QED) is 0.441. The molecule has 2 aliphatic heterocycles. The SMILES string of the molecule is CC(C)CN(C(=O)c1cc2c(n1CCc1ccccc1)C=CC=CC2)C1CC(C(=O)N2CCOCC2)CN(C=O)C1. The molecule has 0 spiro atoms. The Balaban J connectivity index is 1.45. The Bertz CT molecular complexity index is 1280. The number of rotatable bonds is 9. The number of aromatic nitrogens is 1. The lowest BCUT2D eigenvalue weighted by Gasteiger charge is -2.43. The summed E-state index contributed by atoms with van der Waals surface area (Å²) in [6, 6.07) is 12.1. The van der Waals surface area contributed by atoms with Gasteiger partial charge in [0.2, 0.25) is 12.3 Å². The fourth-order valence-electron chi connectivity index (χ4n) is 6.28. The molecule has 2 saturated heterocycles. The standard InChI is InChI=1S/C33H42N4O4/c1-25(2)21-37(29-19-28(22-34(23-29)24-38)32(39)35-15-17-41-18-16-35)33(40)31-20-27-11-7-4-8-12-30(27)36(31)14-13-26-9-5-3-6-10-26/h3-10,12,20,24-25,28-29H,11,13-19,21-23H2,1-2H3. The Hall–Kier alpha value is -3.65. The normalized spacial score (nSPS) is 20.6. The van der Waals surface area contributed by atoms with Gasteiger partial charge in [0.05, 0.1) is 25.2 Å². The van der Waals surface area contributed by atoms with Crippen molar-refractivity contribution < 1.29 is 19.1 Å². The van der Waals surface area contributed by atoms with Gasteiger partial charge in [0.25, 0.3) is 5.91 Å². The Kier molecular flexibility index (Phi) is 9.39. The van der Waals surface area contributed by atoms with Crippen LogP contribution in [0.25, 0.3) is 6.08 Å². The van der Waals surface area contributed by atoms with Crippen molar-refractivity contribution in [3.8, 4) is 0 Å². The van der Waals surface area contributed by atoms with Crippen LogP contribution in [0, 0.1) is 11.8 Å². The fourth-order valence-corrected chi connectivity index (χ4v) is 6.28. The molecule has 1 aromatic heterocycles. The zero-order chi connectivity index (χ0) is 28.8. The van der Waals surface area contributed by atoms with Crippen molar-refractivity contribution in [2.75, 3.05) is 45.9 Å². The van der Waals surface area contributed by atoms with Gasteiger partial charge in [0.1, 0.15) is 5.69 Å². The average molecular weight is 559 g/mol. The van der Waals surface area contributed by atoms with Crippen molar-refractivity contribution in [1.82, 2.24) is 19.3 Å². The summed E-state index contributed by atoms with van der Waals surface area (Å²) in [7, 11) is 0. The number of ether oxygens (including phenoxy) is 1. The van der Waals surface area contributed by atoms with Gasteiger partial charge in [-0.3, -0.25) is 14.4 Å². The fraction of sp³-hybridized carbons (Fsp3) is 0.485. The molecule has 2 unspecified atom stereocenters. The van der Waals surface area contributed by atoms with Crippen LogP contribution in [-0.2, 0) is 33.7 Å². The number of morpholine rings is 1. The second kappa shape index (κ2) is 13.3. The van der Waals surface area contributed by atoms with Crippen molar-refractivity contribution in [3.63, 3.8) is 0 Å². The van der Waals surface area contributed by atoms with Crippen LogP contribution in [0.15, 0.2) is 54.6 Å². The molecule has 1 aromatic carbocycles. The van der Waals surface area contributed by atoms with Gasteiger partial charge in [0, 0.05) is 45.0 Å². The van der Waals surface area contributed by atoms with Crippen LogP contribution in [0.2, 0.25) is 0 Å². The first kappa shape index (κ1) is 28.9. The molecule has 0 radical (unpaired) electrons. The minimum Gasteiger partial charge on any atom is -0.378 e. The smallest absolute Gasteiger partial charge is 0.270 e. The predicted molar refractivity (Wildman–Crippen MR) is 159 cm³/mol. The van der Waals surface area contributed by atoms with Gasteiger partial charge in [-0.1, -0.05) is 62.4 Å². The van der Waals surface area contributed by atoms with Crippen molar-refractivity contribution in [1.29, 1.82) is 0 Å². The number of aryl methyl sites for hydroxylation is 1. The van der Waals surface area contributed by atoms with Gasteiger partial charge < -0.3 is 24.0 Å². The van der Waals surface area contributed by atoms with Crippen LogP contribution >= 0.6 is 0 Å². The lowest BCUT2D eigenvalue weighted by Crippen LogP contribution is -2.56. The van der Waals surface area contributed by atoms with Gasteiger partial charge in [-0.2, -0.15) is 0 Å². The number of piperidine rings is 1. The molecule has 41 heavy (non-hydrogen) atoms. The van der Waals surface area contributed by atoms with E-state index >= 15 is 0 Å². The van der Waals surface area contributed by atoms with Crippen molar-refractivity contribution in [2.24, 2.45) is 11.8 Å². The van der Waals surface area contributed by atoms with E-state index in [0.29, 0.717) is 64.6 Å². The first-order chi connectivity index (χ1) is 19.9.